The minimum atomic E-state index is -3.96. The summed E-state index contributed by atoms with van der Waals surface area (Å²) in [6.07, 6.45) is 8.74. The van der Waals surface area contributed by atoms with Gasteiger partial charge >= 0.3 is 0 Å². The van der Waals surface area contributed by atoms with Crippen LogP contribution in [0.1, 0.15) is 66.2 Å². The van der Waals surface area contributed by atoms with Crippen LogP contribution in [0, 0.1) is 17.8 Å². The fourth-order valence-electron chi connectivity index (χ4n) is 2.14. The van der Waals surface area contributed by atoms with Crippen molar-refractivity contribution in [3.63, 3.8) is 0 Å². The summed E-state index contributed by atoms with van der Waals surface area (Å²) in [5.41, 5.74) is 0. The van der Waals surface area contributed by atoms with Gasteiger partial charge in [0.2, 0.25) is 0 Å². The second-order valence-electron chi connectivity index (χ2n) is 6.18. The first-order valence-corrected chi connectivity index (χ1v) is 8.86. The number of rotatable bonds is 10. The Morgan fingerprint density at radius 3 is 1.95 bits per heavy atom. The molecule has 0 aliphatic rings. The van der Waals surface area contributed by atoms with E-state index in [0.717, 1.165) is 30.1 Å². The van der Waals surface area contributed by atoms with Crippen molar-refractivity contribution in [2.75, 3.05) is 0 Å². The largest absolute Gasteiger partial charge is 0.287 e. The molecule has 114 valence electrons. The van der Waals surface area contributed by atoms with E-state index in [0.29, 0.717) is 0 Å². The predicted octanol–water partition coefficient (Wildman–Crippen LogP) is 4.66. The molecule has 0 rings (SSSR count). The van der Waals surface area contributed by atoms with Crippen LogP contribution in [0.2, 0.25) is 0 Å². The zero-order valence-electron chi connectivity index (χ0n) is 12.8. The van der Waals surface area contributed by atoms with E-state index < -0.39 is 10.1 Å². The van der Waals surface area contributed by atoms with Crippen molar-refractivity contribution in [3.8, 4) is 0 Å². The molecule has 0 saturated carbocycles. The fourth-order valence-corrected chi connectivity index (χ4v) is 2.60. The van der Waals surface area contributed by atoms with Crippen molar-refractivity contribution >= 4 is 10.1 Å². The summed E-state index contributed by atoms with van der Waals surface area (Å²) in [5, 5.41) is 0.893. The summed E-state index contributed by atoms with van der Waals surface area (Å²) in [7, 11) is -3.96. The molecular formula is C15H30O3S. The Labute approximate surface area is 119 Å². The zero-order valence-corrected chi connectivity index (χ0v) is 13.6. The average molecular weight is 290 g/mol. The van der Waals surface area contributed by atoms with Gasteiger partial charge in [0, 0.05) is 0 Å². The maximum absolute atomic E-state index is 10.6. The molecule has 0 spiro atoms. The van der Waals surface area contributed by atoms with Gasteiger partial charge in [-0.2, -0.15) is 8.42 Å². The monoisotopic (exact) mass is 290 g/mol. The molecule has 4 heteroatoms. The lowest BCUT2D eigenvalue weighted by molar-refractivity contribution is 0.413. The van der Waals surface area contributed by atoms with E-state index in [1.165, 1.54) is 25.7 Å². The summed E-state index contributed by atoms with van der Waals surface area (Å²) in [6.45, 7) is 8.78. The molecule has 0 bridgehead atoms. The van der Waals surface area contributed by atoms with Gasteiger partial charge in [0.05, 0.1) is 5.41 Å². The third-order valence-electron chi connectivity index (χ3n) is 3.41. The van der Waals surface area contributed by atoms with Crippen molar-refractivity contribution in [2.24, 2.45) is 17.8 Å². The van der Waals surface area contributed by atoms with Crippen LogP contribution in [-0.2, 0) is 10.1 Å². The molecule has 0 amide bonds. The molecule has 0 aliphatic heterocycles. The molecule has 0 aliphatic carbocycles. The van der Waals surface area contributed by atoms with Gasteiger partial charge in [0.15, 0.2) is 0 Å². The van der Waals surface area contributed by atoms with Gasteiger partial charge < -0.3 is 0 Å². The lowest BCUT2D eigenvalue weighted by Crippen LogP contribution is -1.99. The highest BCUT2D eigenvalue weighted by Gasteiger charge is 2.05. The zero-order chi connectivity index (χ0) is 14.9. The lowest BCUT2D eigenvalue weighted by atomic mass is 9.93. The molecule has 0 aromatic heterocycles. The first-order valence-electron chi connectivity index (χ1n) is 7.36. The fraction of sp³-hybridized carbons (Fsp3) is 0.867. The van der Waals surface area contributed by atoms with Crippen LogP contribution >= 0.6 is 0 Å². The second kappa shape index (κ2) is 9.54. The molecule has 2 atom stereocenters. The summed E-state index contributed by atoms with van der Waals surface area (Å²) in [4.78, 5) is 0. The third kappa shape index (κ3) is 13.9. The molecule has 0 aromatic rings. The van der Waals surface area contributed by atoms with Crippen molar-refractivity contribution in [1.82, 2.24) is 0 Å². The van der Waals surface area contributed by atoms with Crippen molar-refractivity contribution in [2.45, 2.75) is 66.2 Å². The maximum atomic E-state index is 10.6. The van der Waals surface area contributed by atoms with Crippen molar-refractivity contribution in [3.05, 3.63) is 11.5 Å². The topological polar surface area (TPSA) is 54.4 Å². The van der Waals surface area contributed by atoms with Gasteiger partial charge in [-0.15, -0.1) is 0 Å². The Kier molecular flexibility index (Phi) is 9.36. The maximum Gasteiger partial charge on any atom is 0.287 e. The summed E-state index contributed by atoms with van der Waals surface area (Å²) in [6, 6.07) is 0. The molecule has 1 N–H and O–H groups in total. The Hall–Kier alpha value is -0.350. The summed E-state index contributed by atoms with van der Waals surface area (Å²) in [5.74, 6) is 1.74. The van der Waals surface area contributed by atoms with Crippen LogP contribution in [0.25, 0.3) is 0 Å². The van der Waals surface area contributed by atoms with E-state index in [1.807, 2.05) is 6.92 Å². The molecule has 19 heavy (non-hydrogen) atoms. The first kappa shape index (κ1) is 18.7. The number of hydrogen-bond acceptors (Lipinski definition) is 2. The lowest BCUT2D eigenvalue weighted by Gasteiger charge is -2.13. The van der Waals surface area contributed by atoms with E-state index in [2.05, 4.69) is 20.8 Å². The molecule has 0 saturated heterocycles. The van der Waals surface area contributed by atoms with Crippen LogP contribution < -0.4 is 0 Å². The van der Waals surface area contributed by atoms with E-state index in [1.54, 1.807) is 6.08 Å². The van der Waals surface area contributed by atoms with Gasteiger partial charge in [-0.05, 0) is 24.2 Å². The average Bonchev–Trinajstić information content (AvgIpc) is 2.25. The second-order valence-corrected chi connectivity index (χ2v) is 7.48. The van der Waals surface area contributed by atoms with Gasteiger partial charge in [-0.3, -0.25) is 4.55 Å². The normalized spacial score (nSPS) is 16.1. The van der Waals surface area contributed by atoms with E-state index in [-0.39, 0.29) is 5.92 Å². The SMILES string of the molecule is CC(C)CCCC(C)CCCC(C)C=CS(=O)(=O)O. The molecule has 0 radical (unpaired) electrons. The van der Waals surface area contributed by atoms with Gasteiger partial charge in [0.25, 0.3) is 10.1 Å². The first-order chi connectivity index (χ1) is 8.70. The third-order valence-corrected chi connectivity index (χ3v) is 3.91. The Morgan fingerprint density at radius 2 is 1.47 bits per heavy atom. The molecular weight excluding hydrogens is 260 g/mol. The van der Waals surface area contributed by atoms with Crippen LogP contribution in [0.3, 0.4) is 0 Å². The predicted molar refractivity (Wildman–Crippen MR) is 81.6 cm³/mol. The molecule has 3 nitrogen and oxygen atoms in total. The van der Waals surface area contributed by atoms with Crippen LogP contribution in [0.5, 0.6) is 0 Å². The summed E-state index contributed by atoms with van der Waals surface area (Å²) < 4.78 is 29.7. The molecule has 2 unspecified atom stereocenters. The Balaban J connectivity index is 3.70. The van der Waals surface area contributed by atoms with Crippen molar-refractivity contribution < 1.29 is 13.0 Å². The summed E-state index contributed by atoms with van der Waals surface area (Å²) >= 11 is 0. The molecule has 0 fully saturated rings. The Morgan fingerprint density at radius 1 is 0.947 bits per heavy atom. The Bertz CT molecular complexity index is 344. The molecule has 0 aromatic carbocycles. The van der Waals surface area contributed by atoms with Crippen molar-refractivity contribution in [1.29, 1.82) is 0 Å². The van der Waals surface area contributed by atoms with Crippen LogP contribution in [0.15, 0.2) is 11.5 Å². The van der Waals surface area contributed by atoms with Crippen LogP contribution in [-0.4, -0.2) is 13.0 Å². The highest BCUT2D eigenvalue weighted by atomic mass is 32.2. The number of allylic oxidation sites excluding steroid dienone is 1. The van der Waals surface area contributed by atoms with E-state index in [9.17, 15) is 8.42 Å². The van der Waals surface area contributed by atoms with E-state index >= 15 is 0 Å². The van der Waals surface area contributed by atoms with Gasteiger partial charge in [-0.25, -0.2) is 0 Å². The quantitative estimate of drug-likeness (QED) is 0.595. The highest BCUT2D eigenvalue weighted by molar-refractivity contribution is 7.88. The van der Waals surface area contributed by atoms with Gasteiger partial charge in [-0.1, -0.05) is 65.9 Å². The number of hydrogen-bond donors (Lipinski definition) is 1. The minimum absolute atomic E-state index is 0.199. The highest BCUT2D eigenvalue weighted by Crippen LogP contribution is 2.19. The standard InChI is InChI=1S/C15H30O3S/c1-13(2)7-5-8-14(3)9-6-10-15(4)11-12-19(16,17)18/h11-15H,5-10H2,1-4H3,(H,16,17,18). The van der Waals surface area contributed by atoms with Gasteiger partial charge in [0.1, 0.15) is 0 Å². The smallest absolute Gasteiger partial charge is 0.282 e. The molecule has 0 heterocycles. The minimum Gasteiger partial charge on any atom is -0.282 e. The van der Waals surface area contributed by atoms with E-state index in [4.69, 9.17) is 4.55 Å². The van der Waals surface area contributed by atoms with Crippen LogP contribution in [0.4, 0.5) is 0 Å².